The second-order valence-corrected chi connectivity index (χ2v) is 11.7. The molecule has 1 aromatic heterocycles. The lowest BCUT2D eigenvalue weighted by Crippen LogP contribution is -2.44. The van der Waals surface area contributed by atoms with E-state index >= 15 is 0 Å². The van der Waals surface area contributed by atoms with Crippen LogP contribution in [0.15, 0.2) is 23.0 Å². The predicted octanol–water partition coefficient (Wildman–Crippen LogP) is 2.93. The average Bonchev–Trinajstić information content (AvgIpc) is 3.14. The van der Waals surface area contributed by atoms with E-state index in [4.69, 9.17) is 14.2 Å². The lowest BCUT2D eigenvalue weighted by molar-refractivity contribution is -0.135. The summed E-state index contributed by atoms with van der Waals surface area (Å²) in [5, 5.41) is 2.33. The Morgan fingerprint density at radius 1 is 1.00 bits per heavy atom. The third-order valence-electron chi connectivity index (χ3n) is 7.42. The van der Waals surface area contributed by atoms with E-state index in [1.807, 2.05) is 39.0 Å². The molecule has 2 fully saturated rings. The van der Waals surface area contributed by atoms with Gasteiger partial charge in [-0.1, -0.05) is 6.07 Å². The van der Waals surface area contributed by atoms with Crippen LogP contribution in [0.1, 0.15) is 64.5 Å². The van der Waals surface area contributed by atoms with Crippen LogP contribution in [0.25, 0.3) is 11.0 Å². The van der Waals surface area contributed by atoms with Crippen LogP contribution >= 0.6 is 0 Å². The number of nitrogens with zero attached hydrogens (tertiary/aromatic N) is 3. The normalized spacial score (nSPS) is 18.8. The minimum absolute atomic E-state index is 0.220. The fourth-order valence-electron chi connectivity index (χ4n) is 5.25. The molecule has 0 spiro atoms. The van der Waals surface area contributed by atoms with Gasteiger partial charge < -0.3 is 19.1 Å². The summed E-state index contributed by atoms with van der Waals surface area (Å²) in [5.74, 6) is -0.294. The van der Waals surface area contributed by atoms with Crippen LogP contribution in [0.5, 0.6) is 0 Å². The molecule has 3 heterocycles. The molecule has 4 rings (SSSR count). The van der Waals surface area contributed by atoms with Crippen LogP contribution in [0.3, 0.4) is 0 Å². The summed E-state index contributed by atoms with van der Waals surface area (Å²) in [6, 6.07) is 5.15. The monoisotopic (exact) mass is 558 g/mol. The Kier molecular flexibility index (Phi) is 9.68. The maximum atomic E-state index is 12.9. The van der Waals surface area contributed by atoms with Crippen molar-refractivity contribution < 1.29 is 28.6 Å². The van der Waals surface area contributed by atoms with E-state index in [1.165, 1.54) is 4.57 Å². The first kappa shape index (κ1) is 29.8. The van der Waals surface area contributed by atoms with Crippen molar-refractivity contribution in [1.82, 2.24) is 19.4 Å². The van der Waals surface area contributed by atoms with Gasteiger partial charge in [0.05, 0.1) is 24.2 Å². The SMILES string of the molecule is Cn1c(=O)n(C2CCC(=O)NC2=O)c2ccc(CCCOCCOCC3CCN(C(=O)OC(C)(C)C)CC3)cc21. The molecule has 220 valence electrons. The van der Waals surface area contributed by atoms with Crippen molar-refractivity contribution in [3.8, 4) is 0 Å². The number of nitrogens with one attached hydrogen (secondary N) is 1. The standard InChI is InChI=1S/C29H42N4O7/c1-29(2,3)40-28(37)32-13-11-21(12-14-32)19-39-17-16-38-15-5-6-20-7-8-22-24(18-20)31(4)27(36)33(22)23-9-10-25(34)30-26(23)35/h7-8,18,21,23H,5-6,9-17,19H2,1-4H3,(H,30,34,35). The molecule has 1 aromatic carbocycles. The van der Waals surface area contributed by atoms with Gasteiger partial charge in [0, 0.05) is 39.8 Å². The number of likely N-dealkylation sites (tertiary alicyclic amines) is 1. The number of carbonyl (C=O) groups excluding carboxylic acids is 3. The van der Waals surface area contributed by atoms with E-state index in [0.717, 1.165) is 36.8 Å². The molecule has 0 saturated carbocycles. The number of imidazole rings is 1. The number of aryl methyl sites for hydroxylation is 2. The summed E-state index contributed by atoms with van der Waals surface area (Å²) in [6.07, 6.45) is 3.74. The zero-order valence-electron chi connectivity index (χ0n) is 24.1. The molecule has 2 saturated heterocycles. The zero-order valence-corrected chi connectivity index (χ0v) is 24.1. The molecular formula is C29H42N4O7. The van der Waals surface area contributed by atoms with Gasteiger partial charge >= 0.3 is 11.8 Å². The molecule has 1 atom stereocenters. The molecule has 3 amide bonds. The smallest absolute Gasteiger partial charge is 0.410 e. The number of benzene rings is 1. The van der Waals surface area contributed by atoms with E-state index in [9.17, 15) is 19.2 Å². The fourth-order valence-corrected chi connectivity index (χ4v) is 5.25. The Labute approximate surface area is 234 Å². The Hall–Kier alpha value is -3.18. The minimum Gasteiger partial charge on any atom is -0.444 e. The van der Waals surface area contributed by atoms with Crippen LogP contribution in [-0.4, -0.2) is 77.1 Å². The van der Waals surface area contributed by atoms with Gasteiger partial charge in [-0.2, -0.15) is 0 Å². The molecule has 11 nitrogen and oxygen atoms in total. The highest BCUT2D eigenvalue weighted by molar-refractivity contribution is 6.00. The quantitative estimate of drug-likeness (QED) is 0.352. The van der Waals surface area contributed by atoms with Gasteiger partial charge in [0.2, 0.25) is 11.8 Å². The molecule has 0 bridgehead atoms. The Morgan fingerprint density at radius 3 is 2.42 bits per heavy atom. The van der Waals surface area contributed by atoms with Crippen molar-refractivity contribution >= 4 is 28.9 Å². The molecule has 11 heteroatoms. The number of piperidine rings is 2. The van der Waals surface area contributed by atoms with Crippen LogP contribution in [0.2, 0.25) is 0 Å². The summed E-state index contributed by atoms with van der Waals surface area (Å²) in [5.41, 5.74) is 1.80. The lowest BCUT2D eigenvalue weighted by Gasteiger charge is -2.33. The molecule has 2 aromatic rings. The largest absolute Gasteiger partial charge is 0.444 e. The number of aromatic nitrogens is 2. The third-order valence-corrected chi connectivity index (χ3v) is 7.42. The highest BCUT2D eigenvalue weighted by atomic mass is 16.6. The van der Waals surface area contributed by atoms with Crippen molar-refractivity contribution in [2.45, 2.75) is 70.9 Å². The summed E-state index contributed by atoms with van der Waals surface area (Å²) in [4.78, 5) is 50.7. The Bertz CT molecular complexity index is 1270. The minimum atomic E-state index is -0.680. The van der Waals surface area contributed by atoms with E-state index in [1.54, 1.807) is 16.5 Å². The average molecular weight is 559 g/mol. The number of rotatable bonds is 10. The van der Waals surface area contributed by atoms with E-state index in [2.05, 4.69) is 5.32 Å². The number of ether oxygens (including phenoxy) is 3. The first-order chi connectivity index (χ1) is 19.0. The topological polar surface area (TPSA) is 121 Å². The molecule has 40 heavy (non-hydrogen) atoms. The lowest BCUT2D eigenvalue weighted by atomic mass is 9.98. The molecule has 2 aliphatic heterocycles. The summed E-state index contributed by atoms with van der Waals surface area (Å²) in [7, 11) is 1.70. The van der Waals surface area contributed by atoms with Gasteiger partial charge in [-0.15, -0.1) is 0 Å². The number of imide groups is 1. The maximum Gasteiger partial charge on any atom is 0.410 e. The zero-order chi connectivity index (χ0) is 28.9. The fraction of sp³-hybridized carbons (Fsp3) is 0.655. The van der Waals surface area contributed by atoms with Gasteiger partial charge in [0.15, 0.2) is 0 Å². The van der Waals surface area contributed by atoms with E-state index < -0.39 is 17.6 Å². The van der Waals surface area contributed by atoms with Crippen molar-refractivity contribution in [3.63, 3.8) is 0 Å². The summed E-state index contributed by atoms with van der Waals surface area (Å²) < 4.78 is 20.1. The van der Waals surface area contributed by atoms with Crippen LogP contribution in [0.4, 0.5) is 4.79 Å². The van der Waals surface area contributed by atoms with E-state index in [0.29, 0.717) is 57.4 Å². The molecule has 1 N–H and O–H groups in total. The van der Waals surface area contributed by atoms with Crippen molar-refractivity contribution in [3.05, 3.63) is 34.2 Å². The second kappa shape index (κ2) is 13.0. The Morgan fingerprint density at radius 2 is 1.73 bits per heavy atom. The molecular weight excluding hydrogens is 516 g/mol. The number of hydrogen-bond acceptors (Lipinski definition) is 7. The van der Waals surface area contributed by atoms with Crippen molar-refractivity contribution in [2.24, 2.45) is 13.0 Å². The number of fused-ring (bicyclic) bond motifs is 1. The van der Waals surface area contributed by atoms with Gasteiger partial charge in [0.25, 0.3) is 0 Å². The van der Waals surface area contributed by atoms with Gasteiger partial charge in [0.1, 0.15) is 11.6 Å². The van der Waals surface area contributed by atoms with Crippen LogP contribution in [0, 0.1) is 5.92 Å². The summed E-state index contributed by atoms with van der Waals surface area (Å²) >= 11 is 0. The molecule has 2 aliphatic rings. The number of amides is 3. The maximum absolute atomic E-state index is 12.9. The first-order valence-electron chi connectivity index (χ1n) is 14.2. The van der Waals surface area contributed by atoms with Crippen molar-refractivity contribution in [2.75, 3.05) is 39.5 Å². The van der Waals surface area contributed by atoms with Gasteiger partial charge in [-0.05, 0) is 76.5 Å². The molecule has 0 aliphatic carbocycles. The highest BCUT2D eigenvalue weighted by Crippen LogP contribution is 2.24. The second-order valence-electron chi connectivity index (χ2n) is 11.7. The summed E-state index contributed by atoms with van der Waals surface area (Å²) in [6.45, 7) is 9.36. The first-order valence-corrected chi connectivity index (χ1v) is 14.2. The van der Waals surface area contributed by atoms with E-state index in [-0.39, 0.29) is 24.1 Å². The number of hydrogen-bond donors (Lipinski definition) is 1. The third kappa shape index (κ3) is 7.51. The number of carbonyl (C=O) groups is 3. The molecule has 0 radical (unpaired) electrons. The van der Waals surface area contributed by atoms with Crippen molar-refractivity contribution in [1.29, 1.82) is 0 Å². The van der Waals surface area contributed by atoms with Gasteiger partial charge in [-0.25, -0.2) is 9.59 Å². The van der Waals surface area contributed by atoms with Crippen LogP contribution in [-0.2, 0) is 37.3 Å². The molecule has 1 unspecified atom stereocenters. The van der Waals surface area contributed by atoms with Crippen LogP contribution < -0.4 is 11.0 Å². The predicted molar refractivity (Wildman–Crippen MR) is 149 cm³/mol. The highest BCUT2D eigenvalue weighted by Gasteiger charge is 2.31. The van der Waals surface area contributed by atoms with Gasteiger partial charge in [-0.3, -0.25) is 24.0 Å². The Balaban J connectivity index is 1.14.